The quantitative estimate of drug-likeness (QED) is 0.846. The van der Waals surface area contributed by atoms with Crippen LogP contribution in [0.3, 0.4) is 0 Å². The predicted octanol–water partition coefficient (Wildman–Crippen LogP) is 1.23. The van der Waals surface area contributed by atoms with Crippen LogP contribution in [0.15, 0.2) is 0 Å². The third kappa shape index (κ3) is 1.86. The second kappa shape index (κ2) is 4.70. The lowest BCUT2D eigenvalue weighted by Gasteiger charge is -2.30. The number of hydrogen-bond acceptors (Lipinski definition) is 3. The van der Waals surface area contributed by atoms with Gasteiger partial charge < -0.3 is 14.7 Å². The molecule has 3 saturated carbocycles. The average Bonchev–Trinajstić information content (AvgIpc) is 2.87. The van der Waals surface area contributed by atoms with Crippen molar-refractivity contribution in [3.63, 3.8) is 0 Å². The fourth-order valence-electron chi connectivity index (χ4n) is 5.49. The summed E-state index contributed by atoms with van der Waals surface area (Å²) in [5.74, 6) is 1.72. The van der Waals surface area contributed by atoms with E-state index in [4.69, 9.17) is 4.74 Å². The molecule has 5 heteroatoms. The van der Waals surface area contributed by atoms with E-state index in [1.54, 1.807) is 4.90 Å². The topological polar surface area (TPSA) is 66.8 Å². The van der Waals surface area contributed by atoms with E-state index in [9.17, 15) is 14.7 Å². The summed E-state index contributed by atoms with van der Waals surface area (Å²) in [6.07, 6.45) is 3.92. The normalized spacial score (nSPS) is 46.4. The van der Waals surface area contributed by atoms with Crippen LogP contribution in [0.1, 0.15) is 26.2 Å². The van der Waals surface area contributed by atoms with Gasteiger partial charge in [0.25, 0.3) is 0 Å². The van der Waals surface area contributed by atoms with Gasteiger partial charge in [-0.3, -0.25) is 9.59 Å². The highest BCUT2D eigenvalue weighted by Gasteiger charge is 2.68. The zero-order valence-electron chi connectivity index (χ0n) is 12.4. The van der Waals surface area contributed by atoms with Crippen LogP contribution in [0.4, 0.5) is 0 Å². The molecule has 6 unspecified atom stereocenters. The number of hydrogen-bond donors (Lipinski definition) is 1. The van der Waals surface area contributed by atoms with Crippen LogP contribution in [0.5, 0.6) is 0 Å². The molecule has 3 aliphatic carbocycles. The molecule has 1 aliphatic heterocycles. The molecule has 0 spiro atoms. The first kappa shape index (κ1) is 13.6. The Hall–Kier alpha value is -1.10. The molecule has 6 atom stereocenters. The molecular weight excluding hydrogens is 270 g/mol. The Morgan fingerprint density at radius 1 is 1.19 bits per heavy atom. The van der Waals surface area contributed by atoms with Crippen LogP contribution < -0.4 is 0 Å². The van der Waals surface area contributed by atoms with Crippen LogP contribution in [0.25, 0.3) is 0 Å². The standard InChI is InChI=1S/C16H23NO4/c1-2-17(11-7-21-6-10(11)16(19)20)15(18)14-12-8-3-4-9(5-8)13(12)14/h8-14H,2-7H2,1H3,(H,19,20). The van der Waals surface area contributed by atoms with Gasteiger partial charge in [0.05, 0.1) is 19.3 Å². The Kier molecular flexibility index (Phi) is 3.03. The van der Waals surface area contributed by atoms with Gasteiger partial charge >= 0.3 is 5.97 Å². The van der Waals surface area contributed by atoms with Crippen LogP contribution in [0.2, 0.25) is 0 Å². The first-order chi connectivity index (χ1) is 10.1. The van der Waals surface area contributed by atoms with Gasteiger partial charge in [-0.05, 0) is 49.9 Å². The van der Waals surface area contributed by atoms with Crippen molar-refractivity contribution in [3.05, 3.63) is 0 Å². The van der Waals surface area contributed by atoms with Crippen LogP contribution in [-0.2, 0) is 14.3 Å². The third-order valence-corrected chi connectivity index (χ3v) is 6.41. The second-order valence-electron chi connectivity index (χ2n) is 7.19. The van der Waals surface area contributed by atoms with Gasteiger partial charge in [-0.25, -0.2) is 0 Å². The smallest absolute Gasteiger partial charge is 0.311 e. The highest BCUT2D eigenvalue weighted by molar-refractivity contribution is 5.84. The summed E-state index contributed by atoms with van der Waals surface area (Å²) < 4.78 is 5.34. The Balaban J connectivity index is 1.49. The highest BCUT2D eigenvalue weighted by Crippen LogP contribution is 2.69. The van der Waals surface area contributed by atoms with Crippen molar-refractivity contribution in [1.82, 2.24) is 4.90 Å². The SMILES string of the molecule is CCN(C(=O)C1C2C3CCC(C3)C12)C1COCC1C(=O)O. The number of carbonyl (C=O) groups is 2. The zero-order chi connectivity index (χ0) is 14.7. The molecule has 1 heterocycles. The van der Waals surface area contributed by atoms with Gasteiger partial charge in [0, 0.05) is 12.5 Å². The van der Waals surface area contributed by atoms with Crippen molar-refractivity contribution >= 4 is 11.9 Å². The Bertz CT molecular complexity index is 463. The van der Waals surface area contributed by atoms with Crippen molar-refractivity contribution in [1.29, 1.82) is 0 Å². The Morgan fingerprint density at radius 2 is 1.86 bits per heavy atom. The van der Waals surface area contributed by atoms with Gasteiger partial charge in [-0.15, -0.1) is 0 Å². The fourth-order valence-corrected chi connectivity index (χ4v) is 5.49. The maximum absolute atomic E-state index is 12.9. The van der Waals surface area contributed by atoms with Crippen molar-refractivity contribution in [2.24, 2.45) is 35.5 Å². The molecule has 21 heavy (non-hydrogen) atoms. The molecule has 4 fully saturated rings. The van der Waals surface area contributed by atoms with Crippen LogP contribution >= 0.6 is 0 Å². The lowest BCUT2D eigenvalue weighted by atomic mass is 9.98. The van der Waals surface area contributed by atoms with Crippen LogP contribution in [0, 0.1) is 35.5 Å². The molecule has 4 aliphatic rings. The molecule has 0 radical (unpaired) electrons. The van der Waals surface area contributed by atoms with Gasteiger partial charge in [0.2, 0.25) is 5.91 Å². The van der Waals surface area contributed by atoms with Crippen molar-refractivity contribution in [2.75, 3.05) is 19.8 Å². The summed E-state index contributed by atoms with van der Waals surface area (Å²) in [5.41, 5.74) is 0. The zero-order valence-corrected chi connectivity index (χ0v) is 12.4. The van der Waals surface area contributed by atoms with Gasteiger partial charge in [0.1, 0.15) is 5.92 Å². The fraction of sp³-hybridized carbons (Fsp3) is 0.875. The summed E-state index contributed by atoms with van der Waals surface area (Å²) in [4.78, 5) is 26.0. The molecule has 4 rings (SSSR count). The summed E-state index contributed by atoms with van der Waals surface area (Å²) in [7, 11) is 0. The Morgan fingerprint density at radius 3 is 2.43 bits per heavy atom. The van der Waals surface area contributed by atoms with E-state index in [0.29, 0.717) is 25.0 Å². The minimum absolute atomic E-state index is 0.186. The van der Waals surface area contributed by atoms with Gasteiger partial charge in [-0.1, -0.05) is 0 Å². The van der Waals surface area contributed by atoms with E-state index in [2.05, 4.69) is 0 Å². The predicted molar refractivity (Wildman–Crippen MR) is 74.4 cm³/mol. The monoisotopic (exact) mass is 293 g/mol. The number of nitrogens with zero attached hydrogens (tertiary/aromatic N) is 1. The highest BCUT2D eigenvalue weighted by atomic mass is 16.5. The number of rotatable bonds is 4. The first-order valence-electron chi connectivity index (χ1n) is 8.24. The minimum Gasteiger partial charge on any atom is -0.481 e. The van der Waals surface area contributed by atoms with E-state index >= 15 is 0 Å². The molecule has 116 valence electrons. The molecule has 2 bridgehead atoms. The minimum atomic E-state index is -0.847. The lowest BCUT2D eigenvalue weighted by molar-refractivity contribution is -0.145. The summed E-state index contributed by atoms with van der Waals surface area (Å²) >= 11 is 0. The number of carbonyl (C=O) groups excluding carboxylic acids is 1. The lowest BCUT2D eigenvalue weighted by Crippen LogP contribution is -2.47. The molecule has 0 aromatic rings. The largest absolute Gasteiger partial charge is 0.481 e. The second-order valence-corrected chi connectivity index (χ2v) is 7.19. The van der Waals surface area contributed by atoms with E-state index in [0.717, 1.165) is 11.8 Å². The van der Waals surface area contributed by atoms with Crippen LogP contribution in [-0.4, -0.2) is 47.7 Å². The number of carboxylic acid groups (broad SMARTS) is 1. The number of likely N-dealkylation sites (N-methyl/N-ethyl adjacent to an activating group) is 1. The van der Waals surface area contributed by atoms with Gasteiger partial charge in [0.15, 0.2) is 0 Å². The molecule has 5 nitrogen and oxygen atoms in total. The van der Waals surface area contributed by atoms with Crippen molar-refractivity contribution in [3.8, 4) is 0 Å². The molecule has 1 amide bonds. The molecular formula is C16H23NO4. The maximum Gasteiger partial charge on any atom is 0.311 e. The van der Waals surface area contributed by atoms with Gasteiger partial charge in [-0.2, -0.15) is 0 Å². The summed E-state index contributed by atoms with van der Waals surface area (Å²) in [5, 5.41) is 9.30. The number of fused-ring (bicyclic) bond motifs is 5. The number of ether oxygens (including phenoxy) is 1. The summed E-state index contributed by atoms with van der Waals surface area (Å²) in [6, 6.07) is -0.279. The number of aliphatic carboxylic acids is 1. The van der Waals surface area contributed by atoms with Crippen molar-refractivity contribution < 1.29 is 19.4 Å². The molecule has 0 aromatic heterocycles. The van der Waals surface area contributed by atoms with E-state index in [1.165, 1.54) is 19.3 Å². The first-order valence-corrected chi connectivity index (χ1v) is 8.24. The number of amides is 1. The Labute approximate surface area is 124 Å². The average molecular weight is 293 g/mol. The third-order valence-electron chi connectivity index (χ3n) is 6.41. The van der Waals surface area contributed by atoms with E-state index in [-0.39, 0.29) is 24.5 Å². The maximum atomic E-state index is 12.9. The van der Waals surface area contributed by atoms with Crippen molar-refractivity contribution in [2.45, 2.75) is 32.2 Å². The summed E-state index contributed by atoms with van der Waals surface area (Å²) in [6.45, 7) is 3.13. The molecule has 1 N–H and O–H groups in total. The molecule has 1 saturated heterocycles. The van der Waals surface area contributed by atoms with E-state index in [1.807, 2.05) is 6.92 Å². The van der Waals surface area contributed by atoms with E-state index < -0.39 is 11.9 Å². The molecule has 0 aromatic carbocycles. The number of carboxylic acids is 1.